The van der Waals surface area contributed by atoms with E-state index < -0.39 is 6.43 Å². The maximum absolute atomic E-state index is 12.0. The van der Waals surface area contributed by atoms with E-state index in [-0.39, 0.29) is 12.1 Å². The first-order chi connectivity index (χ1) is 5.74. The minimum atomic E-state index is -2.61. The van der Waals surface area contributed by atoms with Crippen LogP contribution in [0, 0.1) is 11.3 Å². The first-order valence-electron chi connectivity index (χ1n) is 3.20. The molecule has 0 aliphatic carbocycles. The van der Waals surface area contributed by atoms with Crippen molar-refractivity contribution in [1.82, 2.24) is 9.97 Å². The van der Waals surface area contributed by atoms with Crippen LogP contribution in [0.5, 0.6) is 0 Å². The van der Waals surface area contributed by atoms with Gasteiger partial charge in [0.25, 0.3) is 6.43 Å². The average molecular weight is 169 g/mol. The lowest BCUT2D eigenvalue weighted by Gasteiger charge is -1.98. The zero-order valence-electron chi connectivity index (χ0n) is 6.04. The summed E-state index contributed by atoms with van der Waals surface area (Å²) in [5.74, 6) is 0. The van der Waals surface area contributed by atoms with Crippen molar-refractivity contribution >= 4 is 0 Å². The molecule has 12 heavy (non-hydrogen) atoms. The summed E-state index contributed by atoms with van der Waals surface area (Å²) in [6.45, 7) is 0. The number of hydrogen-bond acceptors (Lipinski definition) is 3. The lowest BCUT2D eigenvalue weighted by molar-refractivity contribution is 0.145. The van der Waals surface area contributed by atoms with Gasteiger partial charge in [0.2, 0.25) is 0 Å². The number of nitrogens with zero attached hydrogens (tertiary/aromatic N) is 3. The summed E-state index contributed by atoms with van der Waals surface area (Å²) in [6.07, 6.45) is -1.54. The van der Waals surface area contributed by atoms with Crippen LogP contribution in [0.4, 0.5) is 8.78 Å². The van der Waals surface area contributed by atoms with E-state index in [9.17, 15) is 8.78 Å². The van der Waals surface area contributed by atoms with Gasteiger partial charge >= 0.3 is 0 Å². The monoisotopic (exact) mass is 169 g/mol. The van der Waals surface area contributed by atoms with Gasteiger partial charge in [-0.25, -0.2) is 18.7 Å². The van der Waals surface area contributed by atoms with E-state index in [2.05, 4.69) is 9.97 Å². The van der Waals surface area contributed by atoms with Crippen LogP contribution in [0.2, 0.25) is 0 Å². The standard InChI is InChI=1S/C7H5F2N3/c8-7(9)6-3-5(1-2-10)11-4-12-6/h3-4,7H,1H2. The summed E-state index contributed by atoms with van der Waals surface area (Å²) in [5, 5.41) is 8.25. The molecule has 0 aliphatic rings. The molecule has 3 nitrogen and oxygen atoms in total. The summed E-state index contributed by atoms with van der Waals surface area (Å²) in [4.78, 5) is 7.00. The fourth-order valence-electron chi connectivity index (χ4n) is 0.712. The summed E-state index contributed by atoms with van der Waals surface area (Å²) >= 11 is 0. The molecule has 0 fully saturated rings. The van der Waals surface area contributed by atoms with Gasteiger partial charge in [-0.15, -0.1) is 0 Å². The van der Waals surface area contributed by atoms with E-state index in [4.69, 9.17) is 5.26 Å². The zero-order chi connectivity index (χ0) is 8.97. The Morgan fingerprint density at radius 3 is 2.83 bits per heavy atom. The summed E-state index contributed by atoms with van der Waals surface area (Å²) in [7, 11) is 0. The lowest BCUT2D eigenvalue weighted by atomic mass is 10.3. The highest BCUT2D eigenvalue weighted by atomic mass is 19.3. The van der Waals surface area contributed by atoms with E-state index in [1.54, 1.807) is 0 Å². The molecule has 62 valence electrons. The first kappa shape index (κ1) is 8.53. The second-order valence-corrected chi connectivity index (χ2v) is 2.07. The molecule has 0 N–H and O–H groups in total. The van der Waals surface area contributed by atoms with Crippen molar-refractivity contribution in [2.45, 2.75) is 12.8 Å². The highest BCUT2D eigenvalue weighted by Crippen LogP contribution is 2.15. The van der Waals surface area contributed by atoms with Crippen LogP contribution in [-0.4, -0.2) is 9.97 Å². The molecule has 0 aliphatic heterocycles. The fraction of sp³-hybridized carbons (Fsp3) is 0.286. The van der Waals surface area contributed by atoms with Gasteiger partial charge in [-0.05, 0) is 6.07 Å². The molecule has 5 heteroatoms. The molecule has 0 bridgehead atoms. The predicted octanol–water partition coefficient (Wildman–Crippen LogP) is 1.48. The Labute approximate surface area is 67.7 Å². The highest BCUT2D eigenvalue weighted by Gasteiger charge is 2.08. The number of hydrogen-bond donors (Lipinski definition) is 0. The Kier molecular flexibility index (Phi) is 2.64. The Hall–Kier alpha value is -1.57. The quantitative estimate of drug-likeness (QED) is 0.673. The molecule has 0 saturated heterocycles. The van der Waals surface area contributed by atoms with Crippen LogP contribution in [0.1, 0.15) is 17.8 Å². The number of alkyl halides is 2. The van der Waals surface area contributed by atoms with Crippen LogP contribution in [-0.2, 0) is 6.42 Å². The predicted molar refractivity (Wildman–Crippen MR) is 36.3 cm³/mol. The van der Waals surface area contributed by atoms with Crippen LogP contribution < -0.4 is 0 Å². The fourth-order valence-corrected chi connectivity index (χ4v) is 0.712. The van der Waals surface area contributed by atoms with Crippen molar-refractivity contribution in [3.8, 4) is 6.07 Å². The Bertz CT molecular complexity index is 306. The molecule has 1 heterocycles. The van der Waals surface area contributed by atoms with Crippen molar-refractivity contribution in [2.24, 2.45) is 0 Å². The van der Waals surface area contributed by atoms with Crippen LogP contribution >= 0.6 is 0 Å². The number of rotatable bonds is 2. The van der Waals surface area contributed by atoms with Crippen LogP contribution in [0.15, 0.2) is 12.4 Å². The van der Waals surface area contributed by atoms with Crippen molar-refractivity contribution < 1.29 is 8.78 Å². The summed E-state index contributed by atoms with van der Waals surface area (Å²) < 4.78 is 24.0. The third kappa shape index (κ3) is 1.95. The Balaban J connectivity index is 2.90. The van der Waals surface area contributed by atoms with Crippen molar-refractivity contribution in [3.63, 3.8) is 0 Å². The molecular formula is C7H5F2N3. The van der Waals surface area contributed by atoms with Gasteiger partial charge in [0, 0.05) is 0 Å². The normalized spacial score (nSPS) is 9.83. The molecular weight excluding hydrogens is 164 g/mol. The van der Waals surface area contributed by atoms with Crippen molar-refractivity contribution in [2.75, 3.05) is 0 Å². The van der Waals surface area contributed by atoms with Gasteiger partial charge in [0.1, 0.15) is 12.0 Å². The molecule has 1 rings (SSSR count). The van der Waals surface area contributed by atoms with Gasteiger partial charge in [-0.3, -0.25) is 0 Å². The zero-order valence-corrected chi connectivity index (χ0v) is 6.04. The number of halogens is 2. The maximum atomic E-state index is 12.0. The molecule has 0 radical (unpaired) electrons. The van der Waals surface area contributed by atoms with Crippen LogP contribution in [0.25, 0.3) is 0 Å². The Morgan fingerprint density at radius 2 is 2.25 bits per heavy atom. The minimum Gasteiger partial charge on any atom is -0.240 e. The van der Waals surface area contributed by atoms with E-state index >= 15 is 0 Å². The van der Waals surface area contributed by atoms with E-state index in [0.29, 0.717) is 5.69 Å². The van der Waals surface area contributed by atoms with Gasteiger partial charge in [0.05, 0.1) is 18.2 Å². The lowest BCUT2D eigenvalue weighted by Crippen LogP contribution is -1.95. The molecule has 0 unspecified atom stereocenters. The second-order valence-electron chi connectivity index (χ2n) is 2.07. The number of nitriles is 1. The minimum absolute atomic E-state index is 0.0300. The molecule has 0 saturated carbocycles. The maximum Gasteiger partial charge on any atom is 0.280 e. The van der Waals surface area contributed by atoms with Crippen molar-refractivity contribution in [3.05, 3.63) is 23.8 Å². The second kappa shape index (κ2) is 3.72. The molecule has 1 aromatic heterocycles. The number of aromatic nitrogens is 2. The molecule has 0 atom stereocenters. The van der Waals surface area contributed by atoms with E-state index in [1.807, 2.05) is 6.07 Å². The molecule has 0 aromatic carbocycles. The van der Waals surface area contributed by atoms with Crippen LogP contribution in [0.3, 0.4) is 0 Å². The SMILES string of the molecule is N#CCc1cc(C(F)F)ncn1. The van der Waals surface area contributed by atoms with Gasteiger partial charge in [-0.2, -0.15) is 5.26 Å². The van der Waals surface area contributed by atoms with E-state index in [0.717, 1.165) is 12.4 Å². The average Bonchev–Trinajstić information content (AvgIpc) is 2.05. The van der Waals surface area contributed by atoms with Gasteiger partial charge < -0.3 is 0 Å². The smallest absolute Gasteiger partial charge is 0.240 e. The molecule has 1 aromatic rings. The first-order valence-corrected chi connectivity index (χ1v) is 3.20. The summed E-state index contributed by atoms with van der Waals surface area (Å²) in [6, 6.07) is 2.95. The largest absolute Gasteiger partial charge is 0.280 e. The third-order valence-electron chi connectivity index (χ3n) is 1.23. The van der Waals surface area contributed by atoms with Crippen molar-refractivity contribution in [1.29, 1.82) is 5.26 Å². The third-order valence-corrected chi connectivity index (χ3v) is 1.23. The summed E-state index contributed by atoms with van der Waals surface area (Å²) in [5.41, 5.74) is -0.0157. The highest BCUT2D eigenvalue weighted by molar-refractivity contribution is 5.12. The Morgan fingerprint density at radius 1 is 1.50 bits per heavy atom. The molecule has 0 amide bonds. The van der Waals surface area contributed by atoms with Gasteiger partial charge in [-0.1, -0.05) is 0 Å². The molecule has 0 spiro atoms. The van der Waals surface area contributed by atoms with Gasteiger partial charge in [0.15, 0.2) is 0 Å². The topological polar surface area (TPSA) is 49.6 Å². The van der Waals surface area contributed by atoms with E-state index in [1.165, 1.54) is 0 Å².